The van der Waals surface area contributed by atoms with Crippen LogP contribution in [0, 0.1) is 0 Å². The largest absolute Gasteiger partial charge is 0.546 e. The number of hydrogen-bond acceptors (Lipinski definition) is 2. The van der Waals surface area contributed by atoms with E-state index in [2.05, 4.69) is 6.92 Å². The molecule has 0 saturated carbocycles. The highest BCUT2D eigenvalue weighted by Crippen LogP contribution is 2.29. The summed E-state index contributed by atoms with van der Waals surface area (Å²) >= 11 is 0. The van der Waals surface area contributed by atoms with Gasteiger partial charge in [-0.25, -0.2) is 0 Å². The van der Waals surface area contributed by atoms with Gasteiger partial charge < -0.3 is 4.74 Å². The van der Waals surface area contributed by atoms with Crippen LogP contribution in [-0.2, 0) is 4.57 Å². The van der Waals surface area contributed by atoms with Crippen LogP contribution in [0.15, 0.2) is 36.4 Å². The summed E-state index contributed by atoms with van der Waals surface area (Å²) in [7, 11) is -2.33. The quantitative estimate of drug-likeness (QED) is 0.646. The maximum Gasteiger partial charge on any atom is 0.546 e. The standard InChI is InChI=1S/C15H17O3P/c1-2-3-6-11-18-14-9-10-15(19(16)17)13-8-5-4-7-12(13)14/h4-5,7-10H,2-3,6,11H2,1H3/p+1. The molecule has 100 valence electrons. The molecule has 2 aromatic carbocycles. The molecular weight excluding hydrogens is 259 g/mol. The minimum atomic E-state index is -2.33. The minimum absolute atomic E-state index is 0.464. The molecule has 2 aromatic rings. The monoisotopic (exact) mass is 277 g/mol. The Balaban J connectivity index is 2.30. The van der Waals surface area contributed by atoms with E-state index in [1.54, 1.807) is 12.1 Å². The molecule has 0 spiro atoms. The molecule has 1 unspecified atom stereocenters. The maximum atomic E-state index is 11.3. The predicted molar refractivity (Wildman–Crippen MR) is 78.4 cm³/mol. The number of rotatable bonds is 6. The second-order valence-corrected chi connectivity index (χ2v) is 5.48. The van der Waals surface area contributed by atoms with Gasteiger partial charge >= 0.3 is 8.03 Å². The number of unbranched alkanes of at least 4 members (excludes halogenated alkanes) is 2. The van der Waals surface area contributed by atoms with Crippen molar-refractivity contribution in [2.24, 2.45) is 0 Å². The molecule has 4 heteroatoms. The van der Waals surface area contributed by atoms with Crippen molar-refractivity contribution in [1.82, 2.24) is 0 Å². The van der Waals surface area contributed by atoms with Crippen LogP contribution < -0.4 is 10.0 Å². The first-order chi connectivity index (χ1) is 9.24. The van der Waals surface area contributed by atoms with Gasteiger partial charge in [0.15, 0.2) is 0 Å². The number of benzene rings is 2. The summed E-state index contributed by atoms with van der Waals surface area (Å²) < 4.78 is 17.1. The Morgan fingerprint density at radius 2 is 1.84 bits per heavy atom. The molecule has 3 nitrogen and oxygen atoms in total. The third kappa shape index (κ3) is 3.31. The Kier molecular flexibility index (Phi) is 4.89. The molecular formula is C15H18O3P+. The van der Waals surface area contributed by atoms with E-state index in [9.17, 15) is 9.46 Å². The molecule has 1 atom stereocenters. The molecule has 0 aliphatic rings. The molecule has 0 amide bonds. The minimum Gasteiger partial charge on any atom is -0.493 e. The third-order valence-corrected chi connectivity index (χ3v) is 3.87. The van der Waals surface area contributed by atoms with Gasteiger partial charge in [-0.15, -0.1) is 0 Å². The predicted octanol–water partition coefficient (Wildman–Crippen LogP) is 3.77. The molecule has 19 heavy (non-hydrogen) atoms. The smallest absolute Gasteiger partial charge is 0.493 e. The fourth-order valence-electron chi connectivity index (χ4n) is 2.08. The fraction of sp³-hybridized carbons (Fsp3) is 0.333. The van der Waals surface area contributed by atoms with Gasteiger partial charge in [-0.05, 0) is 29.2 Å². The highest BCUT2D eigenvalue weighted by Gasteiger charge is 2.21. The summed E-state index contributed by atoms with van der Waals surface area (Å²) in [5.74, 6) is 0.785. The van der Waals surface area contributed by atoms with Crippen molar-refractivity contribution in [1.29, 1.82) is 0 Å². The van der Waals surface area contributed by atoms with E-state index in [-0.39, 0.29) is 0 Å². The van der Waals surface area contributed by atoms with Crippen molar-refractivity contribution in [3.05, 3.63) is 36.4 Å². The van der Waals surface area contributed by atoms with E-state index < -0.39 is 8.03 Å². The van der Waals surface area contributed by atoms with Gasteiger partial charge in [0.2, 0.25) is 5.30 Å². The summed E-state index contributed by atoms with van der Waals surface area (Å²) in [6.45, 7) is 2.84. The van der Waals surface area contributed by atoms with E-state index in [1.807, 2.05) is 24.3 Å². The van der Waals surface area contributed by atoms with Gasteiger partial charge in [-0.1, -0.05) is 38.0 Å². The Morgan fingerprint density at radius 1 is 1.11 bits per heavy atom. The van der Waals surface area contributed by atoms with Gasteiger partial charge in [-0.3, -0.25) is 0 Å². The summed E-state index contributed by atoms with van der Waals surface area (Å²) in [4.78, 5) is 9.33. The molecule has 0 heterocycles. The number of hydrogen-bond donors (Lipinski definition) is 1. The zero-order chi connectivity index (χ0) is 13.7. The molecule has 1 N–H and O–H groups in total. The SMILES string of the molecule is CCCCCOc1ccc([P+](=O)O)c2ccccc12. The second-order valence-electron chi connectivity index (χ2n) is 4.46. The molecule has 0 aliphatic heterocycles. The Bertz CT molecular complexity index is 581. The number of ether oxygens (including phenoxy) is 1. The van der Waals surface area contributed by atoms with Gasteiger partial charge in [0, 0.05) is 10.8 Å². The van der Waals surface area contributed by atoms with Crippen molar-refractivity contribution in [3.63, 3.8) is 0 Å². The summed E-state index contributed by atoms with van der Waals surface area (Å²) in [6.07, 6.45) is 3.34. The lowest BCUT2D eigenvalue weighted by Gasteiger charge is -2.08. The van der Waals surface area contributed by atoms with Crippen molar-refractivity contribution in [2.75, 3.05) is 6.61 Å². The van der Waals surface area contributed by atoms with Crippen LogP contribution in [0.4, 0.5) is 0 Å². The second kappa shape index (κ2) is 6.65. The Hall–Kier alpha value is -1.44. The van der Waals surface area contributed by atoms with Crippen LogP contribution in [-0.4, -0.2) is 11.5 Å². The van der Waals surface area contributed by atoms with Gasteiger partial charge in [0.05, 0.1) is 6.61 Å². The number of fused-ring (bicyclic) bond motifs is 1. The van der Waals surface area contributed by atoms with Crippen LogP contribution >= 0.6 is 8.03 Å². The molecule has 0 saturated heterocycles. The first-order valence-electron chi connectivity index (χ1n) is 6.54. The van der Waals surface area contributed by atoms with E-state index in [1.165, 1.54) is 0 Å². The summed E-state index contributed by atoms with van der Waals surface area (Å²) in [5, 5.41) is 2.15. The van der Waals surface area contributed by atoms with Gasteiger partial charge in [0.25, 0.3) is 0 Å². The van der Waals surface area contributed by atoms with Crippen molar-refractivity contribution < 1.29 is 14.2 Å². The van der Waals surface area contributed by atoms with Crippen molar-refractivity contribution >= 4 is 24.1 Å². The van der Waals surface area contributed by atoms with Crippen molar-refractivity contribution in [2.45, 2.75) is 26.2 Å². The lowest BCUT2D eigenvalue weighted by atomic mass is 10.1. The van der Waals surface area contributed by atoms with Crippen LogP contribution in [0.3, 0.4) is 0 Å². The topological polar surface area (TPSA) is 46.5 Å². The lowest BCUT2D eigenvalue weighted by molar-refractivity contribution is 0.310. The van der Waals surface area contributed by atoms with Crippen molar-refractivity contribution in [3.8, 4) is 5.75 Å². The zero-order valence-corrected chi connectivity index (χ0v) is 11.9. The van der Waals surface area contributed by atoms with Crippen LogP contribution in [0.2, 0.25) is 0 Å². The van der Waals surface area contributed by atoms with E-state index in [0.717, 1.165) is 35.8 Å². The van der Waals surface area contributed by atoms with Crippen LogP contribution in [0.25, 0.3) is 10.8 Å². The fourth-order valence-corrected chi connectivity index (χ4v) is 2.69. The molecule has 0 fully saturated rings. The summed E-state index contributed by atoms with van der Waals surface area (Å²) in [6, 6.07) is 11.0. The van der Waals surface area contributed by atoms with Gasteiger partial charge in [0.1, 0.15) is 5.75 Å². The lowest BCUT2D eigenvalue weighted by Crippen LogP contribution is -2.02. The highest BCUT2D eigenvalue weighted by molar-refractivity contribution is 7.48. The molecule has 0 bridgehead atoms. The zero-order valence-electron chi connectivity index (χ0n) is 11.0. The molecule has 0 aliphatic carbocycles. The molecule has 0 aromatic heterocycles. The van der Waals surface area contributed by atoms with Crippen LogP contribution in [0.5, 0.6) is 5.75 Å². The summed E-state index contributed by atoms with van der Waals surface area (Å²) in [5.41, 5.74) is 0. The third-order valence-electron chi connectivity index (χ3n) is 3.07. The van der Waals surface area contributed by atoms with E-state index in [0.29, 0.717) is 11.9 Å². The van der Waals surface area contributed by atoms with Crippen LogP contribution in [0.1, 0.15) is 26.2 Å². The molecule has 2 rings (SSSR count). The van der Waals surface area contributed by atoms with E-state index >= 15 is 0 Å². The highest BCUT2D eigenvalue weighted by atomic mass is 31.1. The molecule has 0 radical (unpaired) electrons. The Morgan fingerprint density at radius 3 is 2.53 bits per heavy atom. The Labute approximate surface area is 114 Å². The average Bonchev–Trinajstić information content (AvgIpc) is 2.43. The average molecular weight is 277 g/mol. The van der Waals surface area contributed by atoms with E-state index in [4.69, 9.17) is 4.74 Å². The maximum absolute atomic E-state index is 11.3. The first kappa shape index (κ1) is 14.0. The van der Waals surface area contributed by atoms with Gasteiger partial charge in [-0.2, -0.15) is 4.89 Å². The first-order valence-corrected chi connectivity index (χ1v) is 7.76. The normalized spacial score (nSPS) is 11.6.